The molecule has 1 atom stereocenters. The molecule has 18 heavy (non-hydrogen) atoms. The number of nitrogens with zero attached hydrogens (tertiary/aromatic N) is 1. The van der Waals surface area contributed by atoms with Gasteiger partial charge in [0, 0.05) is 5.38 Å². The maximum Gasteiger partial charge on any atom is 0.271 e. The molecule has 1 amide bonds. The molecule has 0 fully saturated rings. The third-order valence-corrected chi connectivity index (χ3v) is 3.50. The van der Waals surface area contributed by atoms with Gasteiger partial charge in [-0.15, -0.1) is 11.3 Å². The first-order chi connectivity index (χ1) is 8.58. The van der Waals surface area contributed by atoms with Gasteiger partial charge in [-0.25, -0.2) is 4.98 Å². The molecule has 0 spiro atoms. The predicted molar refractivity (Wildman–Crippen MR) is 73.9 cm³/mol. The van der Waals surface area contributed by atoms with E-state index in [1.165, 1.54) is 22.5 Å². The van der Waals surface area contributed by atoms with Crippen molar-refractivity contribution in [3.05, 3.63) is 51.5 Å². The van der Waals surface area contributed by atoms with Crippen molar-refractivity contribution in [2.45, 2.75) is 26.8 Å². The van der Waals surface area contributed by atoms with Crippen LogP contribution < -0.4 is 5.32 Å². The van der Waals surface area contributed by atoms with Crippen LogP contribution in [-0.4, -0.2) is 10.9 Å². The zero-order chi connectivity index (χ0) is 13.1. The van der Waals surface area contributed by atoms with E-state index in [0.717, 1.165) is 5.56 Å². The molecule has 1 aromatic heterocycles. The van der Waals surface area contributed by atoms with Crippen molar-refractivity contribution in [2.75, 3.05) is 0 Å². The van der Waals surface area contributed by atoms with Crippen molar-refractivity contribution in [1.82, 2.24) is 10.3 Å². The molecule has 1 unspecified atom stereocenters. The van der Waals surface area contributed by atoms with E-state index in [2.05, 4.69) is 42.3 Å². The van der Waals surface area contributed by atoms with Gasteiger partial charge in [-0.05, 0) is 31.9 Å². The Morgan fingerprint density at radius 2 is 2.17 bits per heavy atom. The Balaban J connectivity index is 2.14. The summed E-state index contributed by atoms with van der Waals surface area (Å²) in [6.07, 6.45) is 0. The fraction of sp³-hybridized carbons (Fsp3) is 0.286. The molecule has 0 aliphatic carbocycles. The van der Waals surface area contributed by atoms with Crippen molar-refractivity contribution < 1.29 is 4.79 Å². The summed E-state index contributed by atoms with van der Waals surface area (Å²) in [5, 5.41) is 4.73. The van der Waals surface area contributed by atoms with Crippen LogP contribution in [0.15, 0.2) is 29.1 Å². The number of carbonyl (C=O) groups excluding carboxylic acids is 1. The molecule has 1 heterocycles. The lowest BCUT2D eigenvalue weighted by molar-refractivity contribution is 0.0935. The van der Waals surface area contributed by atoms with Crippen LogP contribution in [-0.2, 0) is 0 Å². The average Bonchev–Trinajstić information content (AvgIpc) is 2.85. The van der Waals surface area contributed by atoms with Crippen LogP contribution in [0.4, 0.5) is 0 Å². The van der Waals surface area contributed by atoms with Gasteiger partial charge >= 0.3 is 0 Å². The summed E-state index contributed by atoms with van der Waals surface area (Å²) in [4.78, 5) is 15.9. The highest BCUT2D eigenvalue weighted by Crippen LogP contribution is 2.19. The van der Waals surface area contributed by atoms with Crippen molar-refractivity contribution in [1.29, 1.82) is 0 Å². The molecule has 1 aromatic carbocycles. The smallest absolute Gasteiger partial charge is 0.271 e. The van der Waals surface area contributed by atoms with Gasteiger partial charge in [0.1, 0.15) is 5.69 Å². The quantitative estimate of drug-likeness (QED) is 0.920. The first-order valence-electron chi connectivity index (χ1n) is 5.84. The maximum absolute atomic E-state index is 11.9. The standard InChI is InChI=1S/C14H16N2OS/c1-9-4-5-10(2)12(6-9)11(3)16-14(17)13-7-18-8-15-13/h4-8,11H,1-3H3,(H,16,17). The summed E-state index contributed by atoms with van der Waals surface area (Å²) in [6, 6.07) is 6.25. The summed E-state index contributed by atoms with van der Waals surface area (Å²) >= 11 is 1.42. The molecule has 0 bridgehead atoms. The molecule has 1 N–H and O–H groups in total. The first kappa shape index (κ1) is 12.8. The van der Waals surface area contributed by atoms with E-state index in [-0.39, 0.29) is 11.9 Å². The number of hydrogen-bond donors (Lipinski definition) is 1. The van der Waals surface area contributed by atoms with Crippen LogP contribution in [0.3, 0.4) is 0 Å². The van der Waals surface area contributed by atoms with Crippen LogP contribution in [0.5, 0.6) is 0 Å². The molecule has 0 aliphatic heterocycles. The molecule has 94 valence electrons. The lowest BCUT2D eigenvalue weighted by Gasteiger charge is -2.16. The summed E-state index contributed by atoms with van der Waals surface area (Å²) < 4.78 is 0. The van der Waals surface area contributed by atoms with Crippen molar-refractivity contribution in [3.8, 4) is 0 Å². The second kappa shape index (κ2) is 5.31. The van der Waals surface area contributed by atoms with Crippen LogP contribution in [0.1, 0.15) is 40.1 Å². The number of aryl methyl sites for hydroxylation is 2. The molecule has 4 heteroatoms. The van der Waals surface area contributed by atoms with E-state index in [4.69, 9.17) is 0 Å². The van der Waals surface area contributed by atoms with E-state index >= 15 is 0 Å². The molecule has 2 aromatic rings. The molecule has 0 radical (unpaired) electrons. The number of benzene rings is 1. The molecular weight excluding hydrogens is 244 g/mol. The normalized spacial score (nSPS) is 12.2. The van der Waals surface area contributed by atoms with Crippen LogP contribution in [0, 0.1) is 13.8 Å². The lowest BCUT2D eigenvalue weighted by atomic mass is 10.00. The van der Waals surface area contributed by atoms with Gasteiger partial charge in [0.05, 0.1) is 11.6 Å². The number of aromatic nitrogens is 1. The zero-order valence-electron chi connectivity index (χ0n) is 10.7. The highest BCUT2D eigenvalue weighted by atomic mass is 32.1. The van der Waals surface area contributed by atoms with Gasteiger partial charge in [0.25, 0.3) is 5.91 Å². The summed E-state index contributed by atoms with van der Waals surface area (Å²) in [5.41, 5.74) is 5.69. The third-order valence-electron chi connectivity index (χ3n) is 2.91. The maximum atomic E-state index is 11.9. The zero-order valence-corrected chi connectivity index (χ0v) is 11.5. The molecule has 0 aliphatic rings. The Bertz CT molecular complexity index is 549. The fourth-order valence-electron chi connectivity index (χ4n) is 1.90. The second-order valence-electron chi connectivity index (χ2n) is 4.43. The average molecular weight is 260 g/mol. The molecule has 2 rings (SSSR count). The largest absolute Gasteiger partial charge is 0.344 e. The minimum atomic E-state index is -0.121. The van der Waals surface area contributed by atoms with Crippen LogP contribution in [0.2, 0.25) is 0 Å². The van der Waals surface area contributed by atoms with E-state index in [1.807, 2.05) is 6.92 Å². The predicted octanol–water partition coefficient (Wildman–Crippen LogP) is 3.25. The summed E-state index contributed by atoms with van der Waals surface area (Å²) in [6.45, 7) is 6.10. The van der Waals surface area contributed by atoms with Crippen molar-refractivity contribution >= 4 is 17.2 Å². The van der Waals surface area contributed by atoms with Gasteiger partial charge in [0.15, 0.2) is 0 Å². The molecule has 0 saturated heterocycles. The SMILES string of the molecule is Cc1ccc(C)c(C(C)NC(=O)c2cscn2)c1. The second-order valence-corrected chi connectivity index (χ2v) is 5.15. The van der Waals surface area contributed by atoms with Gasteiger partial charge in [0.2, 0.25) is 0 Å². The minimum Gasteiger partial charge on any atom is -0.344 e. The summed E-state index contributed by atoms with van der Waals surface area (Å²) in [5.74, 6) is -0.121. The van der Waals surface area contributed by atoms with Crippen LogP contribution >= 0.6 is 11.3 Å². The molecule has 3 nitrogen and oxygen atoms in total. The fourth-order valence-corrected chi connectivity index (χ4v) is 2.43. The van der Waals surface area contributed by atoms with Gasteiger partial charge < -0.3 is 5.32 Å². The van der Waals surface area contributed by atoms with Crippen molar-refractivity contribution in [3.63, 3.8) is 0 Å². The monoisotopic (exact) mass is 260 g/mol. The molecular formula is C14H16N2OS. The van der Waals surface area contributed by atoms with Gasteiger partial charge in [-0.3, -0.25) is 4.79 Å². The van der Waals surface area contributed by atoms with Crippen molar-refractivity contribution in [2.24, 2.45) is 0 Å². The topological polar surface area (TPSA) is 42.0 Å². The number of nitrogens with one attached hydrogen (secondary N) is 1. The highest BCUT2D eigenvalue weighted by molar-refractivity contribution is 7.07. The Morgan fingerprint density at radius 1 is 1.39 bits per heavy atom. The lowest BCUT2D eigenvalue weighted by Crippen LogP contribution is -2.27. The Labute approximate surface area is 111 Å². The Morgan fingerprint density at radius 3 is 2.83 bits per heavy atom. The number of rotatable bonds is 3. The van der Waals surface area contributed by atoms with E-state index in [9.17, 15) is 4.79 Å². The van der Waals surface area contributed by atoms with E-state index < -0.39 is 0 Å². The van der Waals surface area contributed by atoms with E-state index in [1.54, 1.807) is 10.9 Å². The Kier molecular flexibility index (Phi) is 3.77. The number of thiazole rings is 1. The molecule has 0 saturated carbocycles. The third kappa shape index (κ3) is 2.76. The number of carbonyl (C=O) groups is 1. The summed E-state index contributed by atoms with van der Waals surface area (Å²) in [7, 11) is 0. The van der Waals surface area contributed by atoms with Gasteiger partial charge in [-0.2, -0.15) is 0 Å². The first-order valence-corrected chi connectivity index (χ1v) is 6.78. The van der Waals surface area contributed by atoms with Crippen LogP contribution in [0.25, 0.3) is 0 Å². The number of hydrogen-bond acceptors (Lipinski definition) is 3. The van der Waals surface area contributed by atoms with E-state index in [0.29, 0.717) is 5.69 Å². The Hall–Kier alpha value is -1.68. The highest BCUT2D eigenvalue weighted by Gasteiger charge is 2.14. The number of amides is 1. The minimum absolute atomic E-state index is 0.0147. The van der Waals surface area contributed by atoms with Gasteiger partial charge in [-0.1, -0.05) is 23.8 Å².